The van der Waals surface area contributed by atoms with Gasteiger partial charge in [-0.05, 0) is 43.2 Å². The standard InChI is InChI=1S/C23H26ClN3O4S2/c1-16-18(24)8-9-19-21(16)25-23(32-19)27(11-5-10-26-12-14-31-15-13-26)22(28)17-6-3-4-7-20(17)33(2,29)30/h3-4,6-9H,5,10-15H2,1-2H3. The van der Waals surface area contributed by atoms with Crippen molar-refractivity contribution in [1.29, 1.82) is 0 Å². The van der Waals surface area contributed by atoms with Gasteiger partial charge in [0.1, 0.15) is 0 Å². The van der Waals surface area contributed by atoms with Crippen LogP contribution in [0.2, 0.25) is 5.02 Å². The minimum absolute atomic E-state index is 0.0218. The normalized spacial score (nSPS) is 15.1. The highest BCUT2D eigenvalue weighted by atomic mass is 35.5. The van der Waals surface area contributed by atoms with E-state index in [-0.39, 0.29) is 16.4 Å². The highest BCUT2D eigenvalue weighted by Crippen LogP contribution is 2.34. The molecular formula is C23H26ClN3O4S2. The van der Waals surface area contributed by atoms with Gasteiger partial charge >= 0.3 is 0 Å². The van der Waals surface area contributed by atoms with Crippen LogP contribution in [-0.4, -0.2) is 69.9 Å². The maximum absolute atomic E-state index is 13.7. The van der Waals surface area contributed by atoms with Crippen molar-refractivity contribution < 1.29 is 17.9 Å². The van der Waals surface area contributed by atoms with E-state index in [4.69, 9.17) is 21.3 Å². The Bertz CT molecular complexity index is 1270. The number of anilines is 1. The molecule has 2 heterocycles. The summed E-state index contributed by atoms with van der Waals surface area (Å²) in [6.45, 7) is 6.28. The summed E-state index contributed by atoms with van der Waals surface area (Å²) in [6, 6.07) is 10.0. The number of aromatic nitrogens is 1. The average molecular weight is 508 g/mol. The van der Waals surface area contributed by atoms with E-state index >= 15 is 0 Å². The van der Waals surface area contributed by atoms with Gasteiger partial charge in [-0.2, -0.15) is 0 Å². The number of thiazole rings is 1. The monoisotopic (exact) mass is 507 g/mol. The van der Waals surface area contributed by atoms with Crippen LogP contribution in [0.15, 0.2) is 41.3 Å². The molecule has 0 unspecified atom stereocenters. The van der Waals surface area contributed by atoms with Gasteiger partial charge in [0.25, 0.3) is 5.91 Å². The molecule has 10 heteroatoms. The lowest BCUT2D eigenvalue weighted by Crippen LogP contribution is -2.39. The van der Waals surface area contributed by atoms with Crippen LogP contribution in [0.1, 0.15) is 22.3 Å². The molecule has 1 amide bonds. The Labute approximate surface area is 202 Å². The molecule has 33 heavy (non-hydrogen) atoms. The second-order valence-electron chi connectivity index (χ2n) is 8.05. The molecule has 0 saturated carbocycles. The largest absolute Gasteiger partial charge is 0.379 e. The summed E-state index contributed by atoms with van der Waals surface area (Å²) in [5.74, 6) is -0.374. The molecule has 1 aliphatic rings. The Morgan fingerprint density at radius 1 is 1.21 bits per heavy atom. The zero-order valence-electron chi connectivity index (χ0n) is 18.6. The molecule has 1 fully saturated rings. The molecule has 0 spiro atoms. The molecular weight excluding hydrogens is 482 g/mol. The van der Waals surface area contributed by atoms with Gasteiger partial charge in [-0.15, -0.1) is 0 Å². The number of morpholine rings is 1. The molecule has 7 nitrogen and oxygen atoms in total. The minimum atomic E-state index is -3.57. The van der Waals surface area contributed by atoms with Crippen LogP contribution in [0.3, 0.4) is 0 Å². The topological polar surface area (TPSA) is 79.8 Å². The number of carbonyl (C=O) groups is 1. The van der Waals surface area contributed by atoms with Crippen LogP contribution in [-0.2, 0) is 14.6 Å². The number of nitrogens with zero attached hydrogens (tertiary/aromatic N) is 3. The summed E-state index contributed by atoms with van der Waals surface area (Å²) in [6.07, 6.45) is 1.84. The van der Waals surface area contributed by atoms with Crippen molar-refractivity contribution >= 4 is 54.0 Å². The SMILES string of the molecule is Cc1c(Cl)ccc2sc(N(CCCN3CCOCC3)C(=O)c3ccccc3S(C)(=O)=O)nc12. The number of fused-ring (bicyclic) bond motifs is 1. The molecule has 4 rings (SSSR count). The predicted molar refractivity (Wildman–Crippen MR) is 132 cm³/mol. The van der Waals surface area contributed by atoms with E-state index in [2.05, 4.69) is 4.90 Å². The molecule has 1 aliphatic heterocycles. The van der Waals surface area contributed by atoms with Crippen molar-refractivity contribution in [3.63, 3.8) is 0 Å². The lowest BCUT2D eigenvalue weighted by atomic mass is 10.2. The second-order valence-corrected chi connectivity index (χ2v) is 11.4. The zero-order valence-corrected chi connectivity index (χ0v) is 21.0. The number of ether oxygens (including phenoxy) is 1. The molecule has 0 aliphatic carbocycles. The molecule has 0 N–H and O–H groups in total. The molecule has 1 aromatic heterocycles. The van der Waals surface area contributed by atoms with Crippen LogP contribution in [0.5, 0.6) is 0 Å². The Morgan fingerprint density at radius 2 is 1.94 bits per heavy atom. The van der Waals surface area contributed by atoms with Crippen molar-refractivity contribution in [3.05, 3.63) is 52.5 Å². The number of hydrogen-bond donors (Lipinski definition) is 0. The highest BCUT2D eigenvalue weighted by molar-refractivity contribution is 7.90. The molecule has 176 valence electrons. The van der Waals surface area contributed by atoms with Crippen molar-refractivity contribution in [2.24, 2.45) is 0 Å². The summed E-state index contributed by atoms with van der Waals surface area (Å²) >= 11 is 7.68. The Morgan fingerprint density at radius 3 is 2.67 bits per heavy atom. The van der Waals surface area contributed by atoms with Crippen LogP contribution in [0.4, 0.5) is 5.13 Å². The van der Waals surface area contributed by atoms with Crippen molar-refractivity contribution in [2.75, 3.05) is 50.5 Å². The van der Waals surface area contributed by atoms with Crippen LogP contribution < -0.4 is 4.90 Å². The van der Waals surface area contributed by atoms with E-state index in [1.54, 1.807) is 23.1 Å². The number of carbonyl (C=O) groups excluding carboxylic acids is 1. The Hall–Kier alpha value is -2.04. The smallest absolute Gasteiger partial charge is 0.261 e. The fourth-order valence-electron chi connectivity index (χ4n) is 3.88. The fraction of sp³-hybridized carbons (Fsp3) is 0.391. The zero-order chi connectivity index (χ0) is 23.6. The maximum atomic E-state index is 13.7. The van der Waals surface area contributed by atoms with Gasteiger partial charge < -0.3 is 4.74 Å². The predicted octanol–water partition coefficient (Wildman–Crippen LogP) is 4.03. The fourth-order valence-corrected chi connectivity index (χ4v) is 5.96. The third-order valence-corrected chi connectivity index (χ3v) is 8.30. The van der Waals surface area contributed by atoms with Crippen LogP contribution in [0, 0.1) is 6.92 Å². The summed E-state index contributed by atoms with van der Waals surface area (Å²) in [4.78, 5) is 22.4. The van der Waals surface area contributed by atoms with E-state index in [0.717, 1.165) is 48.1 Å². The van der Waals surface area contributed by atoms with Gasteiger partial charge in [0.05, 0.1) is 33.9 Å². The van der Waals surface area contributed by atoms with Gasteiger partial charge in [0.15, 0.2) is 15.0 Å². The third kappa shape index (κ3) is 5.38. The first kappa shape index (κ1) is 24.1. The molecule has 0 atom stereocenters. The summed E-state index contributed by atoms with van der Waals surface area (Å²) in [5.41, 5.74) is 1.76. The Kier molecular flexibility index (Phi) is 7.35. The number of aryl methyl sites for hydroxylation is 1. The molecule has 0 radical (unpaired) electrons. The third-order valence-electron chi connectivity index (χ3n) is 5.69. The van der Waals surface area contributed by atoms with Gasteiger partial charge in [0.2, 0.25) is 0 Å². The number of benzene rings is 2. The molecule has 1 saturated heterocycles. The molecule has 3 aromatic rings. The quantitative estimate of drug-likeness (QED) is 0.480. The van der Waals surface area contributed by atoms with Crippen molar-refractivity contribution in [1.82, 2.24) is 9.88 Å². The van der Waals surface area contributed by atoms with E-state index < -0.39 is 9.84 Å². The van der Waals surface area contributed by atoms with E-state index in [1.165, 1.54) is 17.4 Å². The lowest BCUT2D eigenvalue weighted by Gasteiger charge is -2.28. The molecule has 2 aromatic carbocycles. The van der Waals surface area contributed by atoms with E-state index in [0.29, 0.717) is 29.9 Å². The van der Waals surface area contributed by atoms with E-state index in [9.17, 15) is 13.2 Å². The lowest BCUT2D eigenvalue weighted by molar-refractivity contribution is 0.0376. The maximum Gasteiger partial charge on any atom is 0.261 e. The first-order chi connectivity index (χ1) is 15.8. The Balaban J connectivity index is 1.69. The summed E-state index contributed by atoms with van der Waals surface area (Å²) < 4.78 is 31.0. The van der Waals surface area contributed by atoms with Crippen molar-refractivity contribution in [3.8, 4) is 0 Å². The van der Waals surface area contributed by atoms with Crippen LogP contribution in [0.25, 0.3) is 10.2 Å². The number of amides is 1. The van der Waals surface area contributed by atoms with Gasteiger partial charge in [-0.25, -0.2) is 13.4 Å². The van der Waals surface area contributed by atoms with Crippen molar-refractivity contribution in [2.45, 2.75) is 18.2 Å². The first-order valence-corrected chi connectivity index (χ1v) is 13.8. The molecule has 0 bridgehead atoms. The number of hydrogen-bond acceptors (Lipinski definition) is 7. The second kappa shape index (κ2) is 10.1. The summed E-state index contributed by atoms with van der Waals surface area (Å²) in [7, 11) is -3.57. The first-order valence-electron chi connectivity index (χ1n) is 10.7. The highest BCUT2D eigenvalue weighted by Gasteiger charge is 2.26. The van der Waals surface area contributed by atoms with Crippen LogP contribution >= 0.6 is 22.9 Å². The summed E-state index contributed by atoms with van der Waals surface area (Å²) in [5, 5.41) is 1.15. The number of halogens is 1. The van der Waals surface area contributed by atoms with Gasteiger partial charge in [0, 0.05) is 37.5 Å². The number of sulfone groups is 1. The average Bonchev–Trinajstić information content (AvgIpc) is 3.24. The van der Waals surface area contributed by atoms with Gasteiger partial charge in [-0.3, -0.25) is 14.6 Å². The number of rotatable bonds is 7. The minimum Gasteiger partial charge on any atom is -0.379 e. The van der Waals surface area contributed by atoms with E-state index in [1.807, 2.05) is 19.1 Å². The van der Waals surface area contributed by atoms with Gasteiger partial charge in [-0.1, -0.05) is 35.1 Å².